The molecule has 0 saturated carbocycles. The van der Waals surface area contributed by atoms with Crippen molar-refractivity contribution >= 4 is 13.8 Å². The van der Waals surface area contributed by atoms with Gasteiger partial charge in [-0.1, -0.05) is 32.1 Å². The van der Waals surface area contributed by atoms with Crippen LogP contribution in [0.15, 0.2) is 18.2 Å². The number of hydrogen-bond acceptors (Lipinski definition) is 2. The molecular weight excluding hydrogens is 267 g/mol. The van der Waals surface area contributed by atoms with Crippen LogP contribution in [0.2, 0.25) is 0 Å². The minimum absolute atomic E-state index is 0. The normalized spacial score (nSPS) is 12.0. The van der Waals surface area contributed by atoms with E-state index in [1.54, 1.807) is 0 Å². The molecule has 1 aromatic heterocycles. The van der Waals surface area contributed by atoms with Gasteiger partial charge >= 0.3 is 21.7 Å². The molecule has 1 aromatic rings. The zero-order chi connectivity index (χ0) is 12.6. The summed E-state index contributed by atoms with van der Waals surface area (Å²) >= 11 is 0. The molecule has 0 aromatic carbocycles. The fourth-order valence-corrected chi connectivity index (χ4v) is 2.83. The van der Waals surface area contributed by atoms with Crippen LogP contribution in [0.5, 0.6) is 0 Å². The molecule has 1 unspecified atom stereocenters. The van der Waals surface area contributed by atoms with Crippen LogP contribution in [0, 0.1) is 19.9 Å². The van der Waals surface area contributed by atoms with Crippen molar-refractivity contribution in [2.24, 2.45) is 0 Å². The quantitative estimate of drug-likeness (QED) is 0.579. The third-order valence-corrected chi connectivity index (χ3v) is 3.60. The van der Waals surface area contributed by atoms with Crippen molar-refractivity contribution in [3.8, 4) is 0 Å². The van der Waals surface area contributed by atoms with Gasteiger partial charge < -0.3 is 10.2 Å². The second-order valence-corrected chi connectivity index (χ2v) is 4.70. The third kappa shape index (κ3) is 5.85. The summed E-state index contributed by atoms with van der Waals surface area (Å²) in [7, 11) is 2.36. The van der Waals surface area contributed by atoms with Crippen molar-refractivity contribution < 1.29 is 31.9 Å². The molecule has 1 radical (unpaired) electrons. The average Bonchev–Trinajstić information content (AvgIpc) is 2.93. The van der Waals surface area contributed by atoms with Gasteiger partial charge in [-0.15, -0.1) is 10.9 Å². The summed E-state index contributed by atoms with van der Waals surface area (Å²) in [5, 5.41) is 19.4. The third-order valence-electron chi connectivity index (χ3n) is 2.15. The first-order chi connectivity index (χ1) is 7.77. The monoisotopic (exact) mass is 285 g/mol. The molecular formula is C13H18O2PTi. The molecule has 0 spiro atoms. The zero-order valence-electron chi connectivity index (χ0n) is 10.8. The second kappa shape index (κ2) is 11.0. The fraction of sp³-hybridized carbons (Fsp3) is 0.385. The summed E-state index contributed by atoms with van der Waals surface area (Å²) in [6.45, 7) is 4.33. The summed E-state index contributed by atoms with van der Waals surface area (Å²) in [5.74, 6) is 0. The molecule has 17 heavy (non-hydrogen) atoms. The van der Waals surface area contributed by atoms with Gasteiger partial charge in [0.1, 0.15) is 0 Å². The van der Waals surface area contributed by atoms with Crippen molar-refractivity contribution in [2.75, 3.05) is 14.2 Å². The predicted octanol–water partition coefficient (Wildman–Crippen LogP) is 1.43. The Kier molecular flexibility index (Phi) is 12.5. The molecule has 4 heteroatoms. The Morgan fingerprint density at radius 3 is 2.12 bits per heavy atom. The van der Waals surface area contributed by atoms with E-state index in [1.165, 1.54) is 21.7 Å². The van der Waals surface area contributed by atoms with Gasteiger partial charge in [-0.25, -0.2) is 19.8 Å². The predicted molar refractivity (Wildman–Crippen MR) is 67.8 cm³/mol. The summed E-state index contributed by atoms with van der Waals surface area (Å²) in [6.07, 6.45) is 7.71. The van der Waals surface area contributed by atoms with Gasteiger partial charge in [-0.2, -0.15) is 19.5 Å². The first-order valence-corrected chi connectivity index (χ1v) is 6.03. The maximum atomic E-state index is 8.25. The molecule has 1 aliphatic carbocycles. The Bertz CT molecular complexity index is 367. The molecule has 91 valence electrons. The van der Waals surface area contributed by atoms with Crippen molar-refractivity contribution in [3.63, 3.8) is 0 Å². The average molecular weight is 285 g/mol. The van der Waals surface area contributed by atoms with E-state index in [0.29, 0.717) is 0 Å². The van der Waals surface area contributed by atoms with E-state index in [0.717, 1.165) is 28.8 Å². The standard InChI is InChI=1S/C11H12P.2CH3O.Ti/c1-8-7-9(2)12-11(8)10-5-3-4-6-10;2*1-2;/h3-5,12H,6H2,1-2H3;2*1H3;/q3*-1;+3. The molecule has 0 fully saturated rings. The topological polar surface area (TPSA) is 46.1 Å². The molecule has 0 amide bonds. The summed E-state index contributed by atoms with van der Waals surface area (Å²) in [4.78, 5) is 0. The molecule has 2 nitrogen and oxygen atoms in total. The maximum Gasteiger partial charge on any atom is 3.00 e. The van der Waals surface area contributed by atoms with Crippen LogP contribution in [0.25, 0.3) is 5.57 Å². The van der Waals surface area contributed by atoms with Crippen LogP contribution >= 0.6 is 8.19 Å². The van der Waals surface area contributed by atoms with E-state index in [9.17, 15) is 0 Å². The number of rotatable bonds is 1. The summed E-state index contributed by atoms with van der Waals surface area (Å²) < 4.78 is 0. The molecule has 0 saturated heterocycles. The molecule has 0 aliphatic heterocycles. The second-order valence-electron chi connectivity index (χ2n) is 3.20. The maximum absolute atomic E-state index is 8.25. The first kappa shape index (κ1) is 19.2. The van der Waals surface area contributed by atoms with E-state index in [2.05, 4.69) is 38.1 Å². The van der Waals surface area contributed by atoms with Gasteiger partial charge in [0, 0.05) is 0 Å². The fourth-order valence-electron chi connectivity index (χ4n) is 1.61. The van der Waals surface area contributed by atoms with Crippen LogP contribution in [-0.4, -0.2) is 14.2 Å². The minimum atomic E-state index is 0. The van der Waals surface area contributed by atoms with Crippen LogP contribution < -0.4 is 10.2 Å². The Morgan fingerprint density at radius 1 is 1.18 bits per heavy atom. The van der Waals surface area contributed by atoms with Crippen molar-refractivity contribution in [3.05, 3.63) is 40.4 Å². The SMILES string of the molecule is C[O-].C[O-].Cc1[c-]c(C)c(C2=CC=CC2)[pH]1.[Ti+3]. The van der Waals surface area contributed by atoms with Crippen LogP contribution in [0.3, 0.4) is 0 Å². The van der Waals surface area contributed by atoms with Gasteiger partial charge in [0.2, 0.25) is 0 Å². The minimum Gasteiger partial charge on any atom is -0.857 e. The van der Waals surface area contributed by atoms with Gasteiger partial charge in [-0.05, 0) is 6.42 Å². The molecule has 0 bridgehead atoms. The molecule has 0 N–H and O–H groups in total. The van der Waals surface area contributed by atoms with E-state index < -0.39 is 0 Å². The van der Waals surface area contributed by atoms with Gasteiger partial charge in [-0.3, -0.25) is 0 Å². The number of allylic oxidation sites excluding steroid dienone is 4. The zero-order valence-corrected chi connectivity index (χ0v) is 13.3. The number of aryl methyl sites for hydroxylation is 2. The van der Waals surface area contributed by atoms with Gasteiger partial charge in [0.15, 0.2) is 0 Å². The van der Waals surface area contributed by atoms with Crippen molar-refractivity contribution in [2.45, 2.75) is 20.3 Å². The Labute approximate surface area is 120 Å². The largest absolute Gasteiger partial charge is 3.00 e. The molecule has 1 atom stereocenters. The van der Waals surface area contributed by atoms with E-state index >= 15 is 0 Å². The van der Waals surface area contributed by atoms with Gasteiger partial charge in [0.25, 0.3) is 0 Å². The first-order valence-electron chi connectivity index (χ1n) is 5.03. The smallest absolute Gasteiger partial charge is 0.857 e. The Balaban J connectivity index is 0. The van der Waals surface area contributed by atoms with Crippen LogP contribution in [-0.2, 0) is 21.7 Å². The van der Waals surface area contributed by atoms with E-state index in [1.807, 2.05) is 0 Å². The molecule has 2 rings (SSSR count). The Hall–Kier alpha value is -0.106. The van der Waals surface area contributed by atoms with Crippen molar-refractivity contribution in [1.82, 2.24) is 0 Å². The van der Waals surface area contributed by atoms with Gasteiger partial charge in [0.05, 0.1) is 0 Å². The van der Waals surface area contributed by atoms with E-state index in [-0.39, 0.29) is 21.7 Å². The molecule has 1 aliphatic rings. The number of hydrogen-bond donors (Lipinski definition) is 0. The van der Waals surface area contributed by atoms with Crippen molar-refractivity contribution in [1.29, 1.82) is 0 Å². The summed E-state index contributed by atoms with van der Waals surface area (Å²) in [6, 6.07) is 3.38. The van der Waals surface area contributed by atoms with Crippen LogP contribution in [0.4, 0.5) is 0 Å². The van der Waals surface area contributed by atoms with E-state index in [4.69, 9.17) is 10.2 Å². The summed E-state index contributed by atoms with van der Waals surface area (Å²) in [5.41, 5.74) is 2.84. The van der Waals surface area contributed by atoms with Crippen LogP contribution in [0.1, 0.15) is 22.6 Å². The molecule has 1 heterocycles. The Morgan fingerprint density at radius 2 is 1.76 bits per heavy atom.